The zero-order valence-corrected chi connectivity index (χ0v) is 16.4. The van der Waals surface area contributed by atoms with E-state index in [0.29, 0.717) is 6.04 Å². The predicted octanol–water partition coefficient (Wildman–Crippen LogP) is 2.17. The first-order chi connectivity index (χ1) is 9.60. The van der Waals surface area contributed by atoms with Gasteiger partial charge in [-0.15, -0.1) is 35.3 Å². The molecule has 1 saturated heterocycles. The minimum atomic E-state index is 0. The van der Waals surface area contributed by atoms with Crippen molar-refractivity contribution in [3.05, 3.63) is 16.1 Å². The first-order valence-corrected chi connectivity index (χ1v) is 8.01. The molecule has 1 aliphatic heterocycles. The zero-order chi connectivity index (χ0) is 14.5. The summed E-state index contributed by atoms with van der Waals surface area (Å²) in [4.78, 5) is 13.4. The molecule has 1 atom stereocenters. The van der Waals surface area contributed by atoms with Gasteiger partial charge in [0.15, 0.2) is 5.96 Å². The third-order valence-corrected chi connectivity index (χ3v) is 4.63. The molecule has 120 valence electrons. The normalized spacial score (nSPS) is 19.4. The number of hydrogen-bond donors (Lipinski definition) is 1. The summed E-state index contributed by atoms with van der Waals surface area (Å²) < 4.78 is 0. The average Bonchev–Trinajstić information content (AvgIpc) is 3.00. The van der Waals surface area contributed by atoms with Gasteiger partial charge in [-0.05, 0) is 33.4 Å². The molecule has 1 unspecified atom stereocenters. The van der Waals surface area contributed by atoms with Crippen molar-refractivity contribution in [1.29, 1.82) is 0 Å². The number of thiazole rings is 1. The molecule has 1 fully saturated rings. The molecule has 0 aliphatic carbocycles. The van der Waals surface area contributed by atoms with Crippen LogP contribution in [0.4, 0.5) is 0 Å². The highest BCUT2D eigenvalue weighted by Crippen LogP contribution is 2.14. The largest absolute Gasteiger partial charge is 0.355 e. The maximum absolute atomic E-state index is 4.50. The van der Waals surface area contributed by atoms with Crippen LogP contribution < -0.4 is 5.32 Å². The molecule has 1 aliphatic rings. The van der Waals surface area contributed by atoms with Crippen molar-refractivity contribution in [2.45, 2.75) is 32.4 Å². The van der Waals surface area contributed by atoms with Gasteiger partial charge in [-0.1, -0.05) is 0 Å². The highest BCUT2D eigenvalue weighted by Gasteiger charge is 2.21. The maximum Gasteiger partial charge on any atom is 0.193 e. The van der Waals surface area contributed by atoms with Gasteiger partial charge in [0.25, 0.3) is 0 Å². The molecule has 0 aromatic carbocycles. The van der Waals surface area contributed by atoms with Crippen LogP contribution in [-0.4, -0.2) is 61.0 Å². The highest BCUT2D eigenvalue weighted by atomic mass is 127. The molecule has 2 rings (SSSR count). The van der Waals surface area contributed by atoms with Crippen molar-refractivity contribution in [1.82, 2.24) is 20.1 Å². The molecule has 2 heterocycles. The van der Waals surface area contributed by atoms with E-state index in [9.17, 15) is 0 Å². The molecule has 21 heavy (non-hydrogen) atoms. The smallest absolute Gasteiger partial charge is 0.193 e. The summed E-state index contributed by atoms with van der Waals surface area (Å²) in [5.41, 5.74) is 1.11. The van der Waals surface area contributed by atoms with Crippen molar-refractivity contribution in [2.75, 3.05) is 34.2 Å². The van der Waals surface area contributed by atoms with E-state index in [1.807, 2.05) is 14.0 Å². The van der Waals surface area contributed by atoms with E-state index in [0.717, 1.165) is 29.8 Å². The topological polar surface area (TPSA) is 43.8 Å². The average molecular weight is 423 g/mol. The molecule has 1 N–H and O–H groups in total. The fourth-order valence-corrected chi connectivity index (χ4v) is 3.23. The van der Waals surface area contributed by atoms with Crippen LogP contribution in [0, 0.1) is 6.92 Å². The summed E-state index contributed by atoms with van der Waals surface area (Å²) in [6, 6.07) is 0.627. The van der Waals surface area contributed by atoms with Crippen molar-refractivity contribution in [2.24, 2.45) is 4.99 Å². The standard InChI is InChI=1S/C14H25N5S.HI/c1-11-17-12(10-20-11)9-19(4)14(15-2)16-8-13-6-5-7-18(13)3;/h10,13H,5-9H2,1-4H3,(H,15,16);1H. The summed E-state index contributed by atoms with van der Waals surface area (Å²) in [5.74, 6) is 0.941. The molecular weight excluding hydrogens is 397 g/mol. The van der Waals surface area contributed by atoms with Crippen LogP contribution in [0.15, 0.2) is 10.4 Å². The van der Waals surface area contributed by atoms with Gasteiger partial charge in [-0.25, -0.2) is 4.98 Å². The lowest BCUT2D eigenvalue weighted by Gasteiger charge is -2.25. The second kappa shape index (κ2) is 8.89. The summed E-state index contributed by atoms with van der Waals surface area (Å²) in [7, 11) is 6.09. The van der Waals surface area contributed by atoms with Gasteiger partial charge in [0.1, 0.15) is 0 Å². The minimum absolute atomic E-state index is 0. The molecule has 5 nitrogen and oxygen atoms in total. The number of aryl methyl sites for hydroxylation is 1. The number of aliphatic imine (C=N–C) groups is 1. The highest BCUT2D eigenvalue weighted by molar-refractivity contribution is 14.0. The van der Waals surface area contributed by atoms with Crippen LogP contribution in [0.5, 0.6) is 0 Å². The van der Waals surface area contributed by atoms with E-state index < -0.39 is 0 Å². The van der Waals surface area contributed by atoms with Crippen LogP contribution in [0.2, 0.25) is 0 Å². The van der Waals surface area contributed by atoms with Crippen LogP contribution in [0.1, 0.15) is 23.5 Å². The minimum Gasteiger partial charge on any atom is -0.355 e. The second-order valence-corrected chi connectivity index (χ2v) is 6.48. The Hall–Kier alpha value is -0.410. The Balaban J connectivity index is 0.00000220. The predicted molar refractivity (Wildman–Crippen MR) is 101 cm³/mol. The fourth-order valence-electron chi connectivity index (χ4n) is 2.63. The Bertz CT molecular complexity index is 462. The van der Waals surface area contributed by atoms with Crippen LogP contribution >= 0.6 is 35.3 Å². The third kappa shape index (κ3) is 5.37. The van der Waals surface area contributed by atoms with Crippen LogP contribution in [0.3, 0.4) is 0 Å². The quantitative estimate of drug-likeness (QED) is 0.458. The lowest BCUT2D eigenvalue weighted by atomic mass is 10.2. The van der Waals surface area contributed by atoms with Crippen molar-refractivity contribution in [3.8, 4) is 0 Å². The van der Waals surface area contributed by atoms with Gasteiger partial charge in [0.2, 0.25) is 0 Å². The molecular formula is C14H26IN5S. The number of aromatic nitrogens is 1. The Morgan fingerprint density at radius 3 is 2.90 bits per heavy atom. The van der Waals surface area contributed by atoms with Crippen molar-refractivity contribution >= 4 is 41.3 Å². The van der Waals surface area contributed by atoms with E-state index in [1.54, 1.807) is 11.3 Å². The van der Waals surface area contributed by atoms with Gasteiger partial charge < -0.3 is 15.1 Å². The Morgan fingerprint density at radius 1 is 1.62 bits per heavy atom. The monoisotopic (exact) mass is 423 g/mol. The van der Waals surface area contributed by atoms with E-state index in [2.05, 4.69) is 44.6 Å². The first kappa shape index (κ1) is 18.6. The van der Waals surface area contributed by atoms with E-state index in [4.69, 9.17) is 0 Å². The summed E-state index contributed by atoms with van der Waals surface area (Å²) in [6.07, 6.45) is 2.57. The number of rotatable bonds is 4. The fraction of sp³-hybridized carbons (Fsp3) is 0.714. The number of likely N-dealkylation sites (tertiary alicyclic amines) is 1. The molecule has 0 saturated carbocycles. The number of likely N-dealkylation sites (N-methyl/N-ethyl adjacent to an activating group) is 1. The Kier molecular flexibility index (Phi) is 7.89. The van der Waals surface area contributed by atoms with E-state index in [-0.39, 0.29) is 24.0 Å². The molecule has 1 aromatic rings. The number of nitrogens with zero attached hydrogens (tertiary/aromatic N) is 4. The van der Waals surface area contributed by atoms with Crippen molar-refractivity contribution < 1.29 is 0 Å². The first-order valence-electron chi connectivity index (χ1n) is 7.13. The van der Waals surface area contributed by atoms with Crippen LogP contribution in [-0.2, 0) is 6.54 Å². The van der Waals surface area contributed by atoms with Gasteiger partial charge in [-0.3, -0.25) is 4.99 Å². The molecule has 0 radical (unpaired) electrons. The summed E-state index contributed by atoms with van der Waals surface area (Å²) in [5, 5.41) is 6.71. The third-order valence-electron chi connectivity index (χ3n) is 3.81. The Morgan fingerprint density at radius 2 is 2.38 bits per heavy atom. The zero-order valence-electron chi connectivity index (χ0n) is 13.3. The second-order valence-electron chi connectivity index (χ2n) is 5.42. The molecule has 7 heteroatoms. The number of halogens is 1. The Labute approximate surface area is 148 Å². The number of hydrogen-bond acceptors (Lipinski definition) is 4. The lowest BCUT2D eigenvalue weighted by molar-refractivity contribution is 0.306. The molecule has 1 aromatic heterocycles. The maximum atomic E-state index is 4.50. The van der Waals surface area contributed by atoms with Gasteiger partial charge in [0.05, 0.1) is 17.2 Å². The van der Waals surface area contributed by atoms with Gasteiger partial charge in [0, 0.05) is 32.1 Å². The lowest BCUT2D eigenvalue weighted by Crippen LogP contribution is -2.44. The number of guanidine groups is 1. The summed E-state index contributed by atoms with van der Waals surface area (Å²) >= 11 is 1.70. The van der Waals surface area contributed by atoms with E-state index >= 15 is 0 Å². The van der Waals surface area contributed by atoms with Gasteiger partial charge in [-0.2, -0.15) is 0 Å². The summed E-state index contributed by atoms with van der Waals surface area (Å²) in [6.45, 7) is 5.00. The van der Waals surface area contributed by atoms with Crippen LogP contribution in [0.25, 0.3) is 0 Å². The van der Waals surface area contributed by atoms with Crippen molar-refractivity contribution in [3.63, 3.8) is 0 Å². The SMILES string of the molecule is CN=C(NCC1CCCN1C)N(C)Cc1csc(C)n1.I. The van der Waals surface area contributed by atoms with E-state index in [1.165, 1.54) is 19.4 Å². The molecule has 0 amide bonds. The number of nitrogens with one attached hydrogen (secondary N) is 1. The van der Waals surface area contributed by atoms with Gasteiger partial charge >= 0.3 is 0 Å². The molecule has 0 bridgehead atoms. The molecule has 0 spiro atoms.